The first kappa shape index (κ1) is 15.2. The fraction of sp³-hybridized carbons (Fsp3) is 0.357. The van der Waals surface area contributed by atoms with E-state index in [2.05, 4.69) is 5.32 Å². The number of ketones is 1. The fourth-order valence-corrected chi connectivity index (χ4v) is 1.44. The summed E-state index contributed by atoms with van der Waals surface area (Å²) in [5.74, 6) is -0.245. The Balaban J connectivity index is 2.55. The van der Waals surface area contributed by atoms with Crippen LogP contribution in [0.5, 0.6) is 0 Å². The molecule has 0 bridgehead atoms. The monoisotopic (exact) mass is 264 g/mol. The van der Waals surface area contributed by atoms with E-state index in [9.17, 15) is 4.79 Å². The van der Waals surface area contributed by atoms with E-state index in [4.69, 9.17) is 15.2 Å². The van der Waals surface area contributed by atoms with Crippen LogP contribution in [0.2, 0.25) is 0 Å². The van der Waals surface area contributed by atoms with Crippen LogP contribution in [0.3, 0.4) is 0 Å². The first-order valence-electron chi connectivity index (χ1n) is 6.23. The van der Waals surface area contributed by atoms with Gasteiger partial charge in [-0.3, -0.25) is 4.79 Å². The van der Waals surface area contributed by atoms with Crippen molar-refractivity contribution in [2.45, 2.75) is 20.1 Å². The summed E-state index contributed by atoms with van der Waals surface area (Å²) in [6.45, 7) is 4.46. The van der Waals surface area contributed by atoms with Gasteiger partial charge in [0.1, 0.15) is 0 Å². The molecule has 0 atom stereocenters. The standard InChI is InChI=1S/C14H20N2O3/c1-3-18-14(19-4-2)13(17)9-10-16-12-8-6-5-7-11(12)15/h5-10,14,16H,3-4,15H2,1-2H3/b10-9-. The van der Waals surface area contributed by atoms with Gasteiger partial charge < -0.3 is 20.5 Å². The van der Waals surface area contributed by atoms with Crippen molar-refractivity contribution < 1.29 is 14.3 Å². The average molecular weight is 264 g/mol. The number of ether oxygens (including phenoxy) is 2. The predicted molar refractivity (Wildman–Crippen MR) is 75.7 cm³/mol. The molecular weight excluding hydrogens is 244 g/mol. The van der Waals surface area contributed by atoms with Crippen LogP contribution in [-0.4, -0.2) is 25.3 Å². The van der Waals surface area contributed by atoms with Crippen molar-refractivity contribution in [3.63, 3.8) is 0 Å². The number of carbonyl (C=O) groups is 1. The van der Waals surface area contributed by atoms with Crippen molar-refractivity contribution >= 4 is 17.2 Å². The average Bonchev–Trinajstić information content (AvgIpc) is 2.40. The molecule has 1 rings (SSSR count). The number of para-hydroxylation sites is 2. The second-order valence-corrected chi connectivity index (χ2v) is 3.71. The number of nitrogen functional groups attached to an aromatic ring is 1. The Morgan fingerprint density at radius 2 is 1.95 bits per heavy atom. The van der Waals surface area contributed by atoms with E-state index < -0.39 is 6.29 Å². The highest BCUT2D eigenvalue weighted by molar-refractivity contribution is 5.92. The summed E-state index contributed by atoms with van der Waals surface area (Å²) in [5, 5.41) is 2.95. The van der Waals surface area contributed by atoms with Crippen LogP contribution in [0.15, 0.2) is 36.5 Å². The van der Waals surface area contributed by atoms with Crippen molar-refractivity contribution in [3.05, 3.63) is 36.5 Å². The maximum atomic E-state index is 11.8. The molecule has 0 aliphatic heterocycles. The molecule has 1 aromatic rings. The molecule has 1 aromatic carbocycles. The molecule has 104 valence electrons. The number of hydrogen-bond acceptors (Lipinski definition) is 5. The van der Waals surface area contributed by atoms with E-state index in [1.54, 1.807) is 6.07 Å². The number of hydrogen-bond donors (Lipinski definition) is 2. The lowest BCUT2D eigenvalue weighted by Crippen LogP contribution is -2.26. The molecule has 0 unspecified atom stereocenters. The first-order chi connectivity index (χ1) is 9.19. The summed E-state index contributed by atoms with van der Waals surface area (Å²) < 4.78 is 10.4. The number of rotatable bonds is 8. The zero-order valence-corrected chi connectivity index (χ0v) is 11.3. The Hall–Kier alpha value is -1.85. The Bertz CT molecular complexity index is 426. The van der Waals surface area contributed by atoms with Crippen LogP contribution in [0.4, 0.5) is 11.4 Å². The van der Waals surface area contributed by atoms with Crippen LogP contribution in [-0.2, 0) is 14.3 Å². The SMILES string of the molecule is CCOC(OCC)C(=O)/C=C\Nc1ccccc1N. The maximum absolute atomic E-state index is 11.8. The Labute approximate surface area is 113 Å². The van der Waals surface area contributed by atoms with Crippen molar-refractivity contribution in [3.8, 4) is 0 Å². The van der Waals surface area contributed by atoms with Gasteiger partial charge in [-0.25, -0.2) is 0 Å². The van der Waals surface area contributed by atoms with Crippen molar-refractivity contribution in [2.24, 2.45) is 0 Å². The Morgan fingerprint density at radius 1 is 1.32 bits per heavy atom. The molecule has 0 aliphatic rings. The van der Waals surface area contributed by atoms with Gasteiger partial charge >= 0.3 is 0 Å². The number of nitrogens with two attached hydrogens (primary N) is 1. The highest BCUT2D eigenvalue weighted by atomic mass is 16.7. The molecule has 0 fully saturated rings. The lowest BCUT2D eigenvalue weighted by atomic mass is 10.3. The summed E-state index contributed by atoms with van der Waals surface area (Å²) >= 11 is 0. The molecule has 5 heteroatoms. The van der Waals surface area contributed by atoms with Gasteiger partial charge in [0, 0.05) is 25.5 Å². The van der Waals surface area contributed by atoms with Gasteiger partial charge in [0.2, 0.25) is 12.1 Å². The largest absolute Gasteiger partial charge is 0.397 e. The summed E-state index contributed by atoms with van der Waals surface area (Å²) in [4.78, 5) is 11.8. The smallest absolute Gasteiger partial charge is 0.222 e. The third kappa shape index (κ3) is 5.11. The minimum absolute atomic E-state index is 0.245. The number of nitrogens with one attached hydrogen (secondary N) is 1. The Morgan fingerprint density at radius 3 is 2.53 bits per heavy atom. The molecule has 0 saturated carbocycles. The molecule has 19 heavy (non-hydrogen) atoms. The summed E-state index contributed by atoms with van der Waals surface area (Å²) in [6, 6.07) is 7.31. The molecule has 3 N–H and O–H groups in total. The fourth-order valence-electron chi connectivity index (χ4n) is 1.44. The highest BCUT2D eigenvalue weighted by Gasteiger charge is 2.15. The number of benzene rings is 1. The molecule has 0 aromatic heterocycles. The van der Waals surface area contributed by atoms with Gasteiger partial charge in [-0.1, -0.05) is 12.1 Å². The number of carbonyl (C=O) groups excluding carboxylic acids is 1. The highest BCUT2D eigenvalue weighted by Crippen LogP contribution is 2.16. The lowest BCUT2D eigenvalue weighted by Gasteiger charge is -2.13. The molecule has 0 saturated heterocycles. The molecule has 0 heterocycles. The van der Waals surface area contributed by atoms with Gasteiger partial charge in [0.15, 0.2) is 0 Å². The van der Waals surface area contributed by atoms with E-state index in [0.717, 1.165) is 5.69 Å². The molecule has 0 radical (unpaired) electrons. The van der Waals surface area contributed by atoms with Crippen molar-refractivity contribution in [2.75, 3.05) is 24.3 Å². The van der Waals surface area contributed by atoms with Crippen LogP contribution in [0, 0.1) is 0 Å². The van der Waals surface area contributed by atoms with E-state index >= 15 is 0 Å². The van der Waals surface area contributed by atoms with Gasteiger partial charge in [-0.05, 0) is 26.0 Å². The zero-order valence-electron chi connectivity index (χ0n) is 11.3. The molecule has 0 spiro atoms. The zero-order chi connectivity index (χ0) is 14.1. The van der Waals surface area contributed by atoms with Crippen LogP contribution < -0.4 is 11.1 Å². The molecule has 0 amide bonds. The van der Waals surface area contributed by atoms with E-state index in [0.29, 0.717) is 18.9 Å². The van der Waals surface area contributed by atoms with Crippen LogP contribution >= 0.6 is 0 Å². The quantitative estimate of drug-likeness (QED) is 0.427. The second kappa shape index (κ2) is 8.29. The summed E-state index contributed by atoms with van der Waals surface area (Å²) in [5.41, 5.74) is 7.12. The van der Waals surface area contributed by atoms with Gasteiger partial charge in [-0.15, -0.1) is 0 Å². The van der Waals surface area contributed by atoms with Gasteiger partial charge in [-0.2, -0.15) is 0 Å². The normalized spacial score (nSPS) is 11.1. The minimum Gasteiger partial charge on any atom is -0.397 e. The van der Waals surface area contributed by atoms with Crippen molar-refractivity contribution in [1.82, 2.24) is 0 Å². The summed E-state index contributed by atoms with van der Waals surface area (Å²) in [6.07, 6.45) is 2.06. The van der Waals surface area contributed by atoms with Crippen molar-refractivity contribution in [1.29, 1.82) is 0 Å². The molecular formula is C14H20N2O3. The van der Waals surface area contributed by atoms with Gasteiger partial charge in [0.25, 0.3) is 0 Å². The van der Waals surface area contributed by atoms with Crippen LogP contribution in [0.25, 0.3) is 0 Å². The van der Waals surface area contributed by atoms with E-state index in [1.165, 1.54) is 12.3 Å². The third-order valence-electron chi connectivity index (χ3n) is 2.32. The van der Waals surface area contributed by atoms with E-state index in [1.807, 2.05) is 32.0 Å². The van der Waals surface area contributed by atoms with Crippen LogP contribution in [0.1, 0.15) is 13.8 Å². The molecule has 5 nitrogen and oxygen atoms in total. The van der Waals surface area contributed by atoms with E-state index in [-0.39, 0.29) is 5.78 Å². The lowest BCUT2D eigenvalue weighted by molar-refractivity contribution is -0.162. The van der Waals surface area contributed by atoms with Gasteiger partial charge in [0.05, 0.1) is 11.4 Å². The first-order valence-corrected chi connectivity index (χ1v) is 6.23. The maximum Gasteiger partial charge on any atom is 0.222 e. The number of anilines is 2. The predicted octanol–water partition coefficient (Wildman–Crippen LogP) is 2.16. The molecule has 0 aliphatic carbocycles. The Kier molecular flexibility index (Phi) is 6.63. The third-order valence-corrected chi connectivity index (χ3v) is 2.32. The second-order valence-electron chi connectivity index (χ2n) is 3.71. The summed E-state index contributed by atoms with van der Waals surface area (Å²) in [7, 11) is 0. The minimum atomic E-state index is -0.846. The topological polar surface area (TPSA) is 73.6 Å².